The van der Waals surface area contributed by atoms with Crippen molar-refractivity contribution in [3.8, 4) is 11.5 Å². The molecule has 0 unspecified atom stereocenters. The predicted octanol–water partition coefficient (Wildman–Crippen LogP) is 4.39. The van der Waals surface area contributed by atoms with Gasteiger partial charge in [-0.3, -0.25) is 0 Å². The lowest BCUT2D eigenvalue weighted by molar-refractivity contribution is 0.135. The number of hydrogen-bond acceptors (Lipinski definition) is 3. The van der Waals surface area contributed by atoms with Gasteiger partial charge in [0.1, 0.15) is 17.6 Å². The number of para-hydroxylation sites is 1. The molecule has 0 bridgehead atoms. The summed E-state index contributed by atoms with van der Waals surface area (Å²) in [5.74, 6) is 1.62. The normalized spacial score (nSPS) is 15.3. The van der Waals surface area contributed by atoms with Gasteiger partial charge in [-0.15, -0.1) is 6.58 Å². The van der Waals surface area contributed by atoms with E-state index in [1.54, 1.807) is 6.08 Å². The Bertz CT molecular complexity index is 797. The lowest BCUT2D eigenvalue weighted by atomic mass is 10.0. The first-order valence-corrected chi connectivity index (χ1v) is 9.26. The Morgan fingerprint density at radius 3 is 2.96 bits per heavy atom. The molecule has 1 heterocycles. The van der Waals surface area contributed by atoms with Crippen LogP contribution in [-0.2, 0) is 6.54 Å². The molecule has 1 aliphatic heterocycles. The molecule has 0 spiro atoms. The van der Waals surface area contributed by atoms with E-state index in [1.807, 2.05) is 42.5 Å². The third-order valence-corrected chi connectivity index (χ3v) is 4.72. The number of fused-ring (bicyclic) bond motifs is 1. The molecule has 0 aliphatic carbocycles. The molecule has 1 atom stereocenters. The molecule has 0 amide bonds. The van der Waals surface area contributed by atoms with Gasteiger partial charge in [0.2, 0.25) is 0 Å². The second-order valence-corrected chi connectivity index (χ2v) is 6.67. The Labute approximate surface area is 164 Å². The number of thiocarbonyl (C=S) groups is 1. The van der Waals surface area contributed by atoms with Crippen LogP contribution in [0, 0.1) is 0 Å². The van der Waals surface area contributed by atoms with E-state index in [9.17, 15) is 0 Å². The van der Waals surface area contributed by atoms with Crippen LogP contribution in [0.3, 0.4) is 0 Å². The van der Waals surface area contributed by atoms with E-state index in [1.165, 1.54) is 0 Å². The maximum absolute atomic E-state index is 6.41. The van der Waals surface area contributed by atoms with Crippen molar-refractivity contribution in [1.29, 1.82) is 0 Å². The molecule has 6 heteroatoms. The van der Waals surface area contributed by atoms with E-state index in [0.29, 0.717) is 29.8 Å². The van der Waals surface area contributed by atoms with E-state index in [2.05, 4.69) is 17.2 Å². The van der Waals surface area contributed by atoms with Crippen LogP contribution in [0.5, 0.6) is 11.5 Å². The van der Waals surface area contributed by atoms with Gasteiger partial charge < -0.3 is 20.1 Å². The Hall–Kier alpha value is -2.24. The maximum Gasteiger partial charge on any atom is 0.166 e. The average molecular weight is 389 g/mol. The van der Waals surface area contributed by atoms with Gasteiger partial charge in [0, 0.05) is 35.7 Å². The summed E-state index contributed by atoms with van der Waals surface area (Å²) in [4.78, 5) is 0. The highest BCUT2D eigenvalue weighted by atomic mass is 35.5. The molecule has 4 nitrogen and oxygen atoms in total. The molecule has 2 aromatic carbocycles. The second kappa shape index (κ2) is 8.92. The van der Waals surface area contributed by atoms with E-state index in [0.717, 1.165) is 29.0 Å². The van der Waals surface area contributed by atoms with Crippen molar-refractivity contribution < 1.29 is 9.47 Å². The molecule has 0 saturated carbocycles. The van der Waals surface area contributed by atoms with Crippen LogP contribution < -0.4 is 20.1 Å². The lowest BCUT2D eigenvalue weighted by Gasteiger charge is -2.27. The van der Waals surface area contributed by atoms with Crippen LogP contribution in [0.4, 0.5) is 0 Å². The smallest absolute Gasteiger partial charge is 0.166 e. The molecule has 136 valence electrons. The van der Waals surface area contributed by atoms with Gasteiger partial charge in [0.05, 0.1) is 6.61 Å². The molecular weight excluding hydrogens is 368 g/mol. The number of nitrogens with one attached hydrogen (secondary N) is 2. The topological polar surface area (TPSA) is 42.5 Å². The quantitative estimate of drug-likeness (QED) is 0.567. The highest BCUT2D eigenvalue weighted by Gasteiger charge is 2.24. The van der Waals surface area contributed by atoms with Gasteiger partial charge in [-0.2, -0.15) is 0 Å². The van der Waals surface area contributed by atoms with Crippen molar-refractivity contribution in [3.63, 3.8) is 0 Å². The largest absolute Gasteiger partial charge is 0.493 e. The SMILES string of the molecule is C=CCNC(=S)NCc1c(Cl)cccc1O[C@@H]1CCOc2ccccc21. The van der Waals surface area contributed by atoms with Crippen LogP contribution in [-0.4, -0.2) is 18.3 Å². The standard InChI is InChI=1S/C20H21ClN2O2S/c1-2-11-22-20(26)23-13-15-16(21)7-5-9-18(15)25-19-10-12-24-17-8-4-3-6-14(17)19/h2-9,19H,1,10-13H2,(H2,22,23,26)/t19-/m1/s1. The summed E-state index contributed by atoms with van der Waals surface area (Å²) in [6.45, 7) is 5.37. The van der Waals surface area contributed by atoms with Crippen molar-refractivity contribution in [2.24, 2.45) is 0 Å². The van der Waals surface area contributed by atoms with Gasteiger partial charge in [-0.1, -0.05) is 41.9 Å². The van der Waals surface area contributed by atoms with Crippen molar-refractivity contribution >= 4 is 28.9 Å². The molecule has 3 rings (SSSR count). The highest BCUT2D eigenvalue weighted by Crippen LogP contribution is 2.37. The third kappa shape index (κ3) is 4.48. The van der Waals surface area contributed by atoms with Crippen molar-refractivity contribution in [1.82, 2.24) is 10.6 Å². The second-order valence-electron chi connectivity index (χ2n) is 5.85. The number of rotatable bonds is 6. The van der Waals surface area contributed by atoms with Crippen LogP contribution >= 0.6 is 23.8 Å². The molecule has 0 saturated heterocycles. The predicted molar refractivity (Wildman–Crippen MR) is 109 cm³/mol. The van der Waals surface area contributed by atoms with Crippen molar-refractivity contribution in [3.05, 3.63) is 71.3 Å². The zero-order valence-electron chi connectivity index (χ0n) is 14.3. The maximum atomic E-state index is 6.41. The highest BCUT2D eigenvalue weighted by molar-refractivity contribution is 7.80. The van der Waals surface area contributed by atoms with Gasteiger partial charge in [0.25, 0.3) is 0 Å². The monoisotopic (exact) mass is 388 g/mol. The molecule has 0 fully saturated rings. The summed E-state index contributed by atoms with van der Waals surface area (Å²) < 4.78 is 12.0. The number of halogens is 1. The Balaban J connectivity index is 1.76. The fourth-order valence-corrected chi connectivity index (χ4v) is 3.19. The molecule has 1 aliphatic rings. The van der Waals surface area contributed by atoms with Gasteiger partial charge in [-0.25, -0.2) is 0 Å². The van der Waals surface area contributed by atoms with E-state index in [4.69, 9.17) is 33.3 Å². The minimum absolute atomic E-state index is 0.0667. The number of ether oxygens (including phenoxy) is 2. The zero-order valence-corrected chi connectivity index (χ0v) is 15.9. The number of hydrogen-bond donors (Lipinski definition) is 2. The molecule has 0 aromatic heterocycles. The van der Waals surface area contributed by atoms with Gasteiger partial charge >= 0.3 is 0 Å². The van der Waals surface area contributed by atoms with Gasteiger partial charge in [-0.05, 0) is 30.4 Å². The van der Waals surface area contributed by atoms with Crippen LogP contribution in [0.2, 0.25) is 5.02 Å². The molecule has 2 aromatic rings. The molecule has 0 radical (unpaired) electrons. The van der Waals surface area contributed by atoms with Gasteiger partial charge in [0.15, 0.2) is 5.11 Å². The van der Waals surface area contributed by atoms with E-state index >= 15 is 0 Å². The summed E-state index contributed by atoms with van der Waals surface area (Å²) in [5, 5.41) is 7.38. The van der Waals surface area contributed by atoms with Crippen LogP contribution in [0.15, 0.2) is 55.1 Å². The fraction of sp³-hybridized carbons (Fsp3) is 0.250. The lowest BCUT2D eigenvalue weighted by Crippen LogP contribution is -2.34. The first-order valence-electron chi connectivity index (χ1n) is 8.47. The Morgan fingerprint density at radius 1 is 1.27 bits per heavy atom. The third-order valence-electron chi connectivity index (χ3n) is 4.08. The van der Waals surface area contributed by atoms with Crippen LogP contribution in [0.25, 0.3) is 0 Å². The van der Waals surface area contributed by atoms with E-state index in [-0.39, 0.29) is 6.10 Å². The van der Waals surface area contributed by atoms with E-state index < -0.39 is 0 Å². The Kier molecular flexibility index (Phi) is 6.36. The molecule has 26 heavy (non-hydrogen) atoms. The van der Waals surface area contributed by atoms with Crippen molar-refractivity contribution in [2.45, 2.75) is 19.1 Å². The minimum atomic E-state index is -0.0667. The average Bonchev–Trinajstić information content (AvgIpc) is 2.66. The first kappa shape index (κ1) is 18.5. The number of benzene rings is 2. The minimum Gasteiger partial charge on any atom is -0.493 e. The summed E-state index contributed by atoms with van der Waals surface area (Å²) in [5.41, 5.74) is 1.93. The molecular formula is C20H21ClN2O2S. The summed E-state index contributed by atoms with van der Waals surface area (Å²) in [6, 6.07) is 13.6. The summed E-state index contributed by atoms with van der Waals surface area (Å²) >= 11 is 11.7. The summed E-state index contributed by atoms with van der Waals surface area (Å²) in [6.07, 6.45) is 2.47. The fourth-order valence-electron chi connectivity index (χ4n) is 2.80. The van der Waals surface area contributed by atoms with Crippen molar-refractivity contribution in [2.75, 3.05) is 13.2 Å². The first-order chi connectivity index (χ1) is 12.7. The zero-order chi connectivity index (χ0) is 18.4. The van der Waals surface area contributed by atoms with Crippen LogP contribution in [0.1, 0.15) is 23.7 Å². The summed E-state index contributed by atoms with van der Waals surface area (Å²) in [7, 11) is 0. The molecule has 2 N–H and O–H groups in total. The Morgan fingerprint density at radius 2 is 2.12 bits per heavy atom.